The van der Waals surface area contributed by atoms with E-state index >= 15 is 0 Å². The lowest BCUT2D eigenvalue weighted by Gasteiger charge is -2.09. The molecule has 0 heterocycles. The van der Waals surface area contributed by atoms with Crippen molar-refractivity contribution in [2.45, 2.75) is 25.2 Å². The van der Waals surface area contributed by atoms with Crippen LogP contribution in [0, 0.1) is 18.3 Å². The van der Waals surface area contributed by atoms with Gasteiger partial charge in [0.15, 0.2) is 0 Å². The molecule has 0 fully saturated rings. The Morgan fingerprint density at radius 2 is 2.05 bits per heavy atom. The normalized spacial score (nSPS) is 11.2. The van der Waals surface area contributed by atoms with Crippen LogP contribution in [0.4, 0.5) is 0 Å². The van der Waals surface area contributed by atoms with Crippen molar-refractivity contribution in [1.82, 2.24) is 10.0 Å². The van der Waals surface area contributed by atoms with Gasteiger partial charge in [-0.25, -0.2) is 13.1 Å². The summed E-state index contributed by atoms with van der Waals surface area (Å²) in [6.07, 6.45) is 0.726. The maximum atomic E-state index is 12.1. The second kappa shape index (κ2) is 7.24. The molecule has 2 N–H and O–H groups in total. The van der Waals surface area contributed by atoms with Gasteiger partial charge in [0.1, 0.15) is 0 Å². The van der Waals surface area contributed by atoms with Crippen LogP contribution in [-0.4, -0.2) is 28.1 Å². The zero-order chi connectivity index (χ0) is 14.3. The quantitative estimate of drug-likeness (QED) is 0.734. The van der Waals surface area contributed by atoms with Gasteiger partial charge in [-0.1, -0.05) is 13.0 Å². The van der Waals surface area contributed by atoms with Crippen LogP contribution in [0.3, 0.4) is 0 Å². The molecule has 1 aromatic rings. The molecule has 0 atom stereocenters. The predicted molar refractivity (Wildman–Crippen MR) is 74.2 cm³/mol. The first kappa shape index (κ1) is 15.6. The third kappa shape index (κ3) is 4.63. The SMILES string of the molecule is CCNCCCNS(=O)(=O)c1cc(C#N)ccc1C. The summed E-state index contributed by atoms with van der Waals surface area (Å²) in [6.45, 7) is 5.74. The van der Waals surface area contributed by atoms with Gasteiger partial charge in [0, 0.05) is 6.54 Å². The lowest BCUT2D eigenvalue weighted by Crippen LogP contribution is -2.28. The predicted octanol–water partition coefficient (Wildman–Crippen LogP) is 1.14. The van der Waals surface area contributed by atoms with E-state index in [1.165, 1.54) is 6.07 Å². The molecule has 0 amide bonds. The van der Waals surface area contributed by atoms with Crippen LogP contribution in [0.5, 0.6) is 0 Å². The summed E-state index contributed by atoms with van der Waals surface area (Å²) in [5, 5.41) is 11.9. The zero-order valence-electron chi connectivity index (χ0n) is 11.2. The number of nitriles is 1. The molecule has 5 nitrogen and oxygen atoms in total. The van der Waals surface area contributed by atoms with Crippen LogP contribution in [0.25, 0.3) is 0 Å². The third-order valence-corrected chi connectivity index (χ3v) is 4.28. The number of rotatable bonds is 7. The van der Waals surface area contributed by atoms with Crippen LogP contribution >= 0.6 is 0 Å². The number of nitrogens with one attached hydrogen (secondary N) is 2. The van der Waals surface area contributed by atoms with Crippen molar-refractivity contribution in [2.24, 2.45) is 0 Å². The molecule has 19 heavy (non-hydrogen) atoms. The van der Waals surface area contributed by atoms with Gasteiger partial charge in [-0.2, -0.15) is 5.26 Å². The number of benzene rings is 1. The molecule has 0 unspecified atom stereocenters. The van der Waals surface area contributed by atoms with Crippen molar-refractivity contribution >= 4 is 10.0 Å². The highest BCUT2D eigenvalue weighted by Crippen LogP contribution is 2.16. The summed E-state index contributed by atoms with van der Waals surface area (Å²) in [5.41, 5.74) is 0.983. The number of hydrogen-bond acceptors (Lipinski definition) is 4. The first-order chi connectivity index (χ1) is 9.01. The molecular weight excluding hydrogens is 262 g/mol. The summed E-state index contributed by atoms with van der Waals surface area (Å²) in [5.74, 6) is 0. The van der Waals surface area contributed by atoms with Crippen LogP contribution in [-0.2, 0) is 10.0 Å². The lowest BCUT2D eigenvalue weighted by molar-refractivity contribution is 0.574. The monoisotopic (exact) mass is 281 g/mol. The van der Waals surface area contributed by atoms with Gasteiger partial charge < -0.3 is 5.32 Å². The van der Waals surface area contributed by atoms with Crippen LogP contribution in [0.15, 0.2) is 23.1 Å². The summed E-state index contributed by atoms with van der Waals surface area (Å²) >= 11 is 0. The first-order valence-electron chi connectivity index (χ1n) is 6.22. The Balaban J connectivity index is 2.75. The van der Waals surface area contributed by atoms with E-state index in [-0.39, 0.29) is 4.90 Å². The number of aryl methyl sites for hydroxylation is 1. The minimum Gasteiger partial charge on any atom is -0.317 e. The smallest absolute Gasteiger partial charge is 0.240 e. The van der Waals surface area contributed by atoms with E-state index in [0.29, 0.717) is 17.7 Å². The van der Waals surface area contributed by atoms with Crippen LogP contribution in [0.2, 0.25) is 0 Å². The Bertz CT molecular complexity index is 562. The van der Waals surface area contributed by atoms with Gasteiger partial charge in [-0.05, 0) is 44.1 Å². The third-order valence-electron chi connectivity index (χ3n) is 2.68. The molecule has 0 bridgehead atoms. The fourth-order valence-corrected chi connectivity index (χ4v) is 2.98. The average Bonchev–Trinajstić information content (AvgIpc) is 2.39. The van der Waals surface area contributed by atoms with Crippen LogP contribution < -0.4 is 10.0 Å². The second-order valence-corrected chi connectivity index (χ2v) is 5.93. The molecule has 0 saturated carbocycles. The molecule has 0 spiro atoms. The summed E-state index contributed by atoms with van der Waals surface area (Å²) in [4.78, 5) is 0.176. The molecule has 0 aliphatic rings. The Hall–Kier alpha value is -1.42. The molecule has 0 aliphatic carbocycles. The Kier molecular flexibility index (Phi) is 5.96. The van der Waals surface area contributed by atoms with E-state index in [2.05, 4.69) is 10.0 Å². The standard InChI is InChI=1S/C13H19N3O2S/c1-3-15-7-4-8-16-19(17,18)13-9-12(10-14)6-5-11(13)2/h5-6,9,15-16H,3-4,7-8H2,1-2H3. The second-order valence-electron chi connectivity index (χ2n) is 4.20. The maximum absolute atomic E-state index is 12.1. The van der Waals surface area contributed by atoms with Crippen molar-refractivity contribution in [3.63, 3.8) is 0 Å². The maximum Gasteiger partial charge on any atom is 0.240 e. The summed E-state index contributed by atoms with van der Waals surface area (Å²) in [7, 11) is -3.54. The largest absolute Gasteiger partial charge is 0.317 e. The van der Waals surface area contributed by atoms with Crippen molar-refractivity contribution in [2.75, 3.05) is 19.6 Å². The lowest BCUT2D eigenvalue weighted by atomic mass is 10.2. The minimum atomic E-state index is -3.54. The number of sulfonamides is 1. The van der Waals surface area contributed by atoms with Gasteiger partial charge in [0.05, 0.1) is 16.5 Å². The molecule has 0 radical (unpaired) electrons. The van der Waals surface area contributed by atoms with E-state index in [0.717, 1.165) is 19.5 Å². The highest BCUT2D eigenvalue weighted by molar-refractivity contribution is 7.89. The molecule has 0 aromatic heterocycles. The van der Waals surface area contributed by atoms with E-state index in [4.69, 9.17) is 5.26 Å². The van der Waals surface area contributed by atoms with Gasteiger partial charge in [-0.3, -0.25) is 0 Å². The van der Waals surface area contributed by atoms with Crippen molar-refractivity contribution in [3.8, 4) is 6.07 Å². The Morgan fingerprint density at radius 1 is 1.32 bits per heavy atom. The summed E-state index contributed by atoms with van der Waals surface area (Å²) < 4.78 is 26.8. The zero-order valence-corrected chi connectivity index (χ0v) is 12.0. The molecule has 0 saturated heterocycles. The Morgan fingerprint density at radius 3 is 2.68 bits per heavy atom. The first-order valence-corrected chi connectivity index (χ1v) is 7.70. The fourth-order valence-electron chi connectivity index (χ4n) is 1.63. The van der Waals surface area contributed by atoms with Crippen molar-refractivity contribution in [1.29, 1.82) is 5.26 Å². The van der Waals surface area contributed by atoms with Crippen molar-refractivity contribution < 1.29 is 8.42 Å². The molecule has 1 rings (SSSR count). The van der Waals surface area contributed by atoms with Gasteiger partial charge in [-0.15, -0.1) is 0 Å². The Labute approximate surface area is 114 Å². The number of nitrogens with zero attached hydrogens (tertiary/aromatic N) is 1. The summed E-state index contributed by atoms with van der Waals surface area (Å²) in [6, 6.07) is 6.61. The van der Waals surface area contributed by atoms with Crippen molar-refractivity contribution in [3.05, 3.63) is 29.3 Å². The van der Waals surface area contributed by atoms with E-state index < -0.39 is 10.0 Å². The average molecular weight is 281 g/mol. The molecule has 0 aliphatic heterocycles. The molecular formula is C13H19N3O2S. The van der Waals surface area contributed by atoms with Gasteiger partial charge in [0.2, 0.25) is 10.0 Å². The van der Waals surface area contributed by atoms with Crippen LogP contribution in [0.1, 0.15) is 24.5 Å². The van der Waals surface area contributed by atoms with Gasteiger partial charge in [0.25, 0.3) is 0 Å². The minimum absolute atomic E-state index is 0.176. The van der Waals surface area contributed by atoms with E-state index in [9.17, 15) is 8.42 Å². The highest BCUT2D eigenvalue weighted by atomic mass is 32.2. The van der Waals surface area contributed by atoms with E-state index in [1.807, 2.05) is 13.0 Å². The van der Waals surface area contributed by atoms with E-state index in [1.54, 1.807) is 19.1 Å². The topological polar surface area (TPSA) is 82.0 Å². The fraction of sp³-hybridized carbons (Fsp3) is 0.462. The van der Waals surface area contributed by atoms with Gasteiger partial charge >= 0.3 is 0 Å². The molecule has 1 aromatic carbocycles. The molecule has 104 valence electrons. The highest BCUT2D eigenvalue weighted by Gasteiger charge is 2.16. The number of hydrogen-bond donors (Lipinski definition) is 2. The molecule has 6 heteroatoms.